The molecule has 58 valence electrons. The van der Waals surface area contributed by atoms with Crippen molar-refractivity contribution >= 4 is 11.3 Å². The zero-order valence-electron chi connectivity index (χ0n) is 5.95. The molecule has 0 aliphatic heterocycles. The second-order valence-electron chi connectivity index (χ2n) is 1.87. The zero-order chi connectivity index (χ0) is 7.94. The molecule has 1 rings (SSSR count). The van der Waals surface area contributed by atoms with Gasteiger partial charge in [0.05, 0.1) is 0 Å². The third-order valence-corrected chi connectivity index (χ3v) is 1.62. The van der Waals surface area contributed by atoms with E-state index in [0.29, 0.717) is 0 Å². The van der Waals surface area contributed by atoms with Crippen LogP contribution in [0.1, 0.15) is 17.8 Å². The van der Waals surface area contributed by atoms with Gasteiger partial charge in [-0.3, -0.25) is 0 Å². The van der Waals surface area contributed by atoms with Crippen LogP contribution in [-0.2, 0) is 0 Å². The normalized spacial score (nSPS) is 8.82. The minimum atomic E-state index is 0.199. The van der Waals surface area contributed by atoms with Crippen molar-refractivity contribution in [3.8, 4) is 11.8 Å². The van der Waals surface area contributed by atoms with E-state index in [0.717, 1.165) is 17.8 Å². The number of hydrogen-bond donors (Lipinski definition) is 1. The maximum Gasteiger partial charge on any atom is 0.190 e. The van der Waals surface area contributed by atoms with Gasteiger partial charge in [0, 0.05) is 13.0 Å². The fourth-order valence-electron chi connectivity index (χ4n) is 0.533. The smallest absolute Gasteiger partial charge is 0.190 e. The number of unbranched alkanes of at least 4 members (excludes halogenated alkanes) is 1. The number of aromatic nitrogens is 2. The first-order chi connectivity index (χ1) is 5.43. The van der Waals surface area contributed by atoms with Crippen LogP contribution in [0.15, 0.2) is 5.51 Å². The summed E-state index contributed by atoms with van der Waals surface area (Å²) >= 11 is 1.42. The average molecular weight is 168 g/mol. The highest BCUT2D eigenvalue weighted by Gasteiger charge is 1.86. The minimum absolute atomic E-state index is 0.199. The first-order valence-corrected chi connectivity index (χ1v) is 4.17. The molecule has 0 atom stereocenters. The lowest BCUT2D eigenvalue weighted by Gasteiger charge is -1.81. The van der Waals surface area contributed by atoms with Gasteiger partial charge in [0.2, 0.25) is 0 Å². The summed E-state index contributed by atoms with van der Waals surface area (Å²) in [6.45, 7) is 0.199. The number of hydrogen-bond acceptors (Lipinski definition) is 4. The predicted octanol–water partition coefficient (Wildman–Crippen LogP) is 0.662. The van der Waals surface area contributed by atoms with Gasteiger partial charge in [-0.2, -0.15) is 0 Å². The maximum absolute atomic E-state index is 8.43. The Morgan fingerprint density at radius 3 is 3.18 bits per heavy atom. The molecule has 1 aromatic heterocycles. The van der Waals surface area contributed by atoms with Gasteiger partial charge < -0.3 is 5.11 Å². The Labute approximate surface area is 69.1 Å². The van der Waals surface area contributed by atoms with Crippen molar-refractivity contribution in [1.82, 2.24) is 10.2 Å². The van der Waals surface area contributed by atoms with Gasteiger partial charge in [0.15, 0.2) is 5.01 Å². The van der Waals surface area contributed by atoms with E-state index in [2.05, 4.69) is 22.0 Å². The molecule has 0 bridgehead atoms. The molecule has 0 fully saturated rings. The maximum atomic E-state index is 8.43. The molecule has 0 saturated carbocycles. The Hall–Kier alpha value is -0.920. The summed E-state index contributed by atoms with van der Waals surface area (Å²) in [6.07, 6.45) is 1.45. The summed E-state index contributed by atoms with van der Waals surface area (Å²) in [5.74, 6) is 5.73. The molecule has 4 heteroatoms. The largest absolute Gasteiger partial charge is 0.396 e. The van der Waals surface area contributed by atoms with E-state index in [1.165, 1.54) is 11.3 Å². The molecule has 0 amide bonds. The molecular formula is C7H8N2OS. The molecule has 0 aliphatic rings. The number of nitrogens with zero attached hydrogens (tertiary/aromatic N) is 2. The minimum Gasteiger partial charge on any atom is -0.396 e. The Morgan fingerprint density at radius 2 is 2.55 bits per heavy atom. The molecule has 0 saturated heterocycles. The standard InChI is InChI=1S/C7H8N2OS/c10-5-3-1-2-4-7-9-8-6-11-7/h6,10H,1,3,5H2. The van der Waals surface area contributed by atoms with Crippen LogP contribution in [0.5, 0.6) is 0 Å². The van der Waals surface area contributed by atoms with Crippen molar-refractivity contribution in [3.05, 3.63) is 10.5 Å². The molecule has 11 heavy (non-hydrogen) atoms. The van der Waals surface area contributed by atoms with Crippen LogP contribution in [0.3, 0.4) is 0 Å². The van der Waals surface area contributed by atoms with E-state index >= 15 is 0 Å². The Balaban J connectivity index is 2.33. The van der Waals surface area contributed by atoms with Crippen molar-refractivity contribution in [3.63, 3.8) is 0 Å². The van der Waals surface area contributed by atoms with E-state index < -0.39 is 0 Å². The highest BCUT2D eigenvalue weighted by molar-refractivity contribution is 7.09. The van der Waals surface area contributed by atoms with Crippen molar-refractivity contribution in [2.45, 2.75) is 12.8 Å². The lowest BCUT2D eigenvalue weighted by atomic mass is 10.3. The summed E-state index contributed by atoms with van der Waals surface area (Å²) in [6, 6.07) is 0. The number of aliphatic hydroxyl groups is 1. The monoisotopic (exact) mass is 168 g/mol. The lowest BCUT2D eigenvalue weighted by Crippen LogP contribution is -1.79. The summed E-state index contributed by atoms with van der Waals surface area (Å²) in [7, 11) is 0. The Kier molecular flexibility index (Phi) is 3.59. The van der Waals surface area contributed by atoms with Crippen molar-refractivity contribution < 1.29 is 5.11 Å². The van der Waals surface area contributed by atoms with Crippen LogP contribution < -0.4 is 0 Å². The van der Waals surface area contributed by atoms with E-state index in [4.69, 9.17) is 5.11 Å². The van der Waals surface area contributed by atoms with Crippen LogP contribution in [0.2, 0.25) is 0 Å². The fraction of sp³-hybridized carbons (Fsp3) is 0.429. The molecular weight excluding hydrogens is 160 g/mol. The van der Waals surface area contributed by atoms with Crippen molar-refractivity contribution in [1.29, 1.82) is 0 Å². The van der Waals surface area contributed by atoms with Crippen molar-refractivity contribution in [2.75, 3.05) is 6.61 Å². The molecule has 1 N–H and O–H groups in total. The summed E-state index contributed by atoms with van der Waals surface area (Å²) in [5, 5.41) is 16.6. The molecule has 1 heterocycles. The van der Waals surface area contributed by atoms with E-state index in [-0.39, 0.29) is 6.61 Å². The van der Waals surface area contributed by atoms with Crippen LogP contribution in [-0.4, -0.2) is 21.9 Å². The average Bonchev–Trinajstić information content (AvgIpc) is 2.50. The molecule has 0 unspecified atom stereocenters. The summed E-state index contributed by atoms with van der Waals surface area (Å²) < 4.78 is 0. The SMILES string of the molecule is OCCCC#Cc1nncs1. The zero-order valence-corrected chi connectivity index (χ0v) is 6.77. The third-order valence-electron chi connectivity index (χ3n) is 1.02. The fourth-order valence-corrected chi connectivity index (χ4v) is 0.953. The second-order valence-corrected chi connectivity index (χ2v) is 2.71. The number of rotatable bonds is 2. The summed E-state index contributed by atoms with van der Waals surface area (Å²) in [5.41, 5.74) is 1.65. The first kappa shape index (κ1) is 8.18. The van der Waals surface area contributed by atoms with Gasteiger partial charge in [0.1, 0.15) is 5.51 Å². The van der Waals surface area contributed by atoms with Crippen LogP contribution in [0.4, 0.5) is 0 Å². The highest BCUT2D eigenvalue weighted by atomic mass is 32.1. The molecule has 0 spiro atoms. The van der Waals surface area contributed by atoms with Crippen molar-refractivity contribution in [2.24, 2.45) is 0 Å². The Morgan fingerprint density at radius 1 is 1.64 bits per heavy atom. The molecule has 0 aliphatic carbocycles. The highest BCUT2D eigenvalue weighted by Crippen LogP contribution is 1.97. The van der Waals surface area contributed by atoms with Gasteiger partial charge in [-0.1, -0.05) is 17.3 Å². The van der Waals surface area contributed by atoms with Gasteiger partial charge >= 0.3 is 0 Å². The Bertz CT molecular complexity index is 247. The second kappa shape index (κ2) is 4.83. The van der Waals surface area contributed by atoms with Gasteiger partial charge in [-0.25, -0.2) is 0 Å². The van der Waals surface area contributed by atoms with Gasteiger partial charge in [-0.05, 0) is 12.3 Å². The quantitative estimate of drug-likeness (QED) is 0.521. The van der Waals surface area contributed by atoms with Gasteiger partial charge in [-0.15, -0.1) is 10.2 Å². The molecule has 3 nitrogen and oxygen atoms in total. The predicted molar refractivity (Wildman–Crippen MR) is 43.1 cm³/mol. The van der Waals surface area contributed by atoms with E-state index in [1.54, 1.807) is 5.51 Å². The number of aliphatic hydroxyl groups excluding tert-OH is 1. The molecule has 0 aromatic carbocycles. The molecule has 1 aromatic rings. The summed E-state index contributed by atoms with van der Waals surface area (Å²) in [4.78, 5) is 0. The van der Waals surface area contributed by atoms with Crippen LogP contribution in [0.25, 0.3) is 0 Å². The topological polar surface area (TPSA) is 46.0 Å². The third kappa shape index (κ3) is 3.12. The van der Waals surface area contributed by atoms with E-state index in [1.807, 2.05) is 0 Å². The van der Waals surface area contributed by atoms with Gasteiger partial charge in [0.25, 0.3) is 0 Å². The lowest BCUT2D eigenvalue weighted by molar-refractivity contribution is 0.290. The van der Waals surface area contributed by atoms with Crippen LogP contribution >= 0.6 is 11.3 Å². The first-order valence-electron chi connectivity index (χ1n) is 3.29. The van der Waals surface area contributed by atoms with E-state index in [9.17, 15) is 0 Å². The molecule has 0 radical (unpaired) electrons. The van der Waals surface area contributed by atoms with Crippen LogP contribution in [0, 0.1) is 11.8 Å².